The van der Waals surface area contributed by atoms with Crippen LogP contribution in [0.1, 0.15) is 70.9 Å². The molecule has 1 aromatic carbocycles. The molecule has 2 heterocycles. The molecule has 0 radical (unpaired) electrons. The van der Waals surface area contributed by atoms with Crippen molar-refractivity contribution in [3.8, 4) is 5.75 Å². The molecule has 1 N–H and O–H groups in total. The number of nitrogens with zero attached hydrogens (tertiary/aromatic N) is 2. The first-order valence-corrected chi connectivity index (χ1v) is 12.4. The van der Waals surface area contributed by atoms with Gasteiger partial charge in [0.1, 0.15) is 10.6 Å². The van der Waals surface area contributed by atoms with Crippen molar-refractivity contribution in [2.24, 2.45) is 0 Å². The van der Waals surface area contributed by atoms with Crippen molar-refractivity contribution in [3.63, 3.8) is 0 Å². The van der Waals surface area contributed by atoms with Crippen LogP contribution in [0.15, 0.2) is 24.3 Å². The second kappa shape index (κ2) is 9.70. The number of benzene rings is 1. The van der Waals surface area contributed by atoms with Crippen LogP contribution in [0, 0.1) is 13.8 Å². The summed E-state index contributed by atoms with van der Waals surface area (Å²) in [6, 6.07) is 9.02. The van der Waals surface area contributed by atoms with E-state index in [9.17, 15) is 4.79 Å². The second-order valence-corrected chi connectivity index (χ2v) is 10.4. The minimum atomic E-state index is 0.0449. The number of aromatic nitrogens is 1. The van der Waals surface area contributed by atoms with Crippen molar-refractivity contribution in [2.75, 3.05) is 26.7 Å². The van der Waals surface area contributed by atoms with Gasteiger partial charge in [-0.2, -0.15) is 0 Å². The van der Waals surface area contributed by atoms with Crippen LogP contribution in [0.2, 0.25) is 0 Å². The van der Waals surface area contributed by atoms with Crippen LogP contribution in [0.25, 0.3) is 0 Å². The van der Waals surface area contributed by atoms with Crippen LogP contribution in [0.3, 0.4) is 0 Å². The van der Waals surface area contributed by atoms with E-state index in [1.165, 1.54) is 49.0 Å². The molecule has 2 aliphatic rings. The average Bonchev–Trinajstić information content (AvgIpc) is 3.14. The Kier molecular flexibility index (Phi) is 6.97. The molecule has 1 aliphatic heterocycles. The Bertz CT molecular complexity index is 879. The van der Waals surface area contributed by atoms with Gasteiger partial charge in [0, 0.05) is 31.1 Å². The number of carbonyl (C=O) groups excluding carboxylic acids is 1. The van der Waals surface area contributed by atoms with Gasteiger partial charge in [-0.25, -0.2) is 4.98 Å². The van der Waals surface area contributed by atoms with Gasteiger partial charge in [-0.05, 0) is 57.2 Å². The van der Waals surface area contributed by atoms with Crippen LogP contribution in [-0.2, 0) is 5.41 Å². The summed E-state index contributed by atoms with van der Waals surface area (Å²) in [6.45, 7) is 7.08. The van der Waals surface area contributed by atoms with Crippen molar-refractivity contribution in [3.05, 3.63) is 45.4 Å². The van der Waals surface area contributed by atoms with E-state index in [4.69, 9.17) is 4.74 Å². The topological polar surface area (TPSA) is 54.5 Å². The van der Waals surface area contributed by atoms with Gasteiger partial charge in [-0.3, -0.25) is 4.79 Å². The van der Waals surface area contributed by atoms with Crippen molar-refractivity contribution in [2.45, 2.75) is 70.3 Å². The fourth-order valence-electron chi connectivity index (χ4n) is 5.37. The van der Waals surface area contributed by atoms with E-state index in [1.54, 1.807) is 7.11 Å². The van der Waals surface area contributed by atoms with Crippen LogP contribution >= 0.6 is 11.3 Å². The minimum Gasteiger partial charge on any atom is -0.497 e. The molecule has 168 valence electrons. The molecular formula is C25H35N3O2S. The largest absolute Gasteiger partial charge is 0.497 e. The van der Waals surface area contributed by atoms with Crippen LogP contribution in [-0.4, -0.2) is 48.6 Å². The Hall–Kier alpha value is -1.92. The smallest absolute Gasteiger partial charge is 0.263 e. The summed E-state index contributed by atoms with van der Waals surface area (Å²) in [5.74, 6) is 0.973. The van der Waals surface area contributed by atoms with E-state index in [0.717, 1.165) is 53.8 Å². The molecule has 31 heavy (non-hydrogen) atoms. The van der Waals surface area contributed by atoms with E-state index in [0.29, 0.717) is 0 Å². The van der Waals surface area contributed by atoms with Gasteiger partial charge in [0.25, 0.3) is 5.91 Å². The van der Waals surface area contributed by atoms with Crippen molar-refractivity contribution >= 4 is 17.2 Å². The number of ether oxygens (including phenoxy) is 1. The third kappa shape index (κ3) is 5.12. The maximum Gasteiger partial charge on any atom is 0.263 e. The fraction of sp³-hybridized carbons (Fsp3) is 0.600. The maximum atomic E-state index is 12.7. The van der Waals surface area contributed by atoms with Crippen molar-refractivity contribution < 1.29 is 9.53 Å². The molecule has 2 aromatic rings. The van der Waals surface area contributed by atoms with Gasteiger partial charge < -0.3 is 15.0 Å². The van der Waals surface area contributed by atoms with Crippen LogP contribution < -0.4 is 10.1 Å². The molecule has 1 saturated heterocycles. The Morgan fingerprint density at radius 1 is 1.16 bits per heavy atom. The molecule has 0 atom stereocenters. The Morgan fingerprint density at radius 2 is 1.84 bits per heavy atom. The fourth-order valence-corrected chi connectivity index (χ4v) is 6.19. The second-order valence-electron chi connectivity index (χ2n) is 9.24. The quantitative estimate of drug-likeness (QED) is 0.695. The van der Waals surface area contributed by atoms with Gasteiger partial charge in [-0.15, -0.1) is 11.3 Å². The molecule has 1 aromatic heterocycles. The first kappa shape index (κ1) is 22.3. The summed E-state index contributed by atoms with van der Waals surface area (Å²) in [5, 5.41) is 4.21. The minimum absolute atomic E-state index is 0.0449. The number of likely N-dealkylation sites (tertiary alicyclic amines) is 1. The zero-order valence-corrected chi connectivity index (χ0v) is 19.9. The predicted octanol–water partition coefficient (Wildman–Crippen LogP) is 4.86. The number of thiazole rings is 1. The van der Waals surface area contributed by atoms with Gasteiger partial charge in [-0.1, -0.05) is 31.4 Å². The molecule has 1 amide bonds. The third-order valence-corrected chi connectivity index (χ3v) is 8.14. The van der Waals surface area contributed by atoms with E-state index in [1.807, 2.05) is 13.8 Å². The summed E-state index contributed by atoms with van der Waals surface area (Å²) < 4.78 is 5.38. The molecule has 4 rings (SSSR count). The Balaban J connectivity index is 1.36. The third-order valence-electron chi connectivity index (χ3n) is 7.07. The van der Waals surface area contributed by atoms with Gasteiger partial charge >= 0.3 is 0 Å². The molecule has 5 nitrogen and oxygen atoms in total. The highest BCUT2D eigenvalue weighted by molar-refractivity contribution is 7.13. The van der Waals surface area contributed by atoms with E-state index in [-0.39, 0.29) is 17.4 Å². The number of aryl methyl sites for hydroxylation is 2. The normalized spacial score (nSPS) is 19.8. The summed E-state index contributed by atoms with van der Waals surface area (Å²) in [6.07, 6.45) is 8.53. The van der Waals surface area contributed by atoms with Gasteiger partial charge in [0.15, 0.2) is 0 Å². The molecule has 2 fully saturated rings. The number of amides is 1. The summed E-state index contributed by atoms with van der Waals surface area (Å²) in [7, 11) is 1.73. The number of hydrogen-bond acceptors (Lipinski definition) is 5. The van der Waals surface area contributed by atoms with Gasteiger partial charge in [0.2, 0.25) is 0 Å². The zero-order valence-electron chi connectivity index (χ0n) is 19.1. The van der Waals surface area contributed by atoms with E-state index < -0.39 is 0 Å². The lowest BCUT2D eigenvalue weighted by atomic mass is 9.69. The van der Waals surface area contributed by atoms with E-state index >= 15 is 0 Å². The van der Waals surface area contributed by atoms with E-state index in [2.05, 4.69) is 39.5 Å². The number of rotatable bonds is 6. The summed E-state index contributed by atoms with van der Waals surface area (Å²) in [4.78, 5) is 20.5. The molecular weight excluding hydrogens is 406 g/mol. The zero-order chi connectivity index (χ0) is 21.8. The highest BCUT2D eigenvalue weighted by Gasteiger charge is 2.36. The molecule has 0 spiro atoms. The standard InChI is InChI=1S/C25H35N3O2S/c1-18-23(31-19(2)26-18)24(29)27-21-11-15-28(16-12-21)17-25(13-5-4-6-14-25)20-7-9-22(30-3)10-8-20/h7-10,21H,4-6,11-17H2,1-3H3,(H,27,29). The highest BCUT2D eigenvalue weighted by atomic mass is 32.1. The lowest BCUT2D eigenvalue weighted by molar-refractivity contribution is 0.0894. The summed E-state index contributed by atoms with van der Waals surface area (Å²) in [5.41, 5.74) is 2.55. The number of methoxy groups -OCH3 is 1. The number of hydrogen-bond donors (Lipinski definition) is 1. The lowest BCUT2D eigenvalue weighted by Gasteiger charge is -2.44. The maximum absolute atomic E-state index is 12.7. The Morgan fingerprint density at radius 3 is 2.42 bits per heavy atom. The van der Waals surface area contributed by atoms with Crippen molar-refractivity contribution in [1.29, 1.82) is 0 Å². The molecule has 1 aliphatic carbocycles. The number of nitrogens with one attached hydrogen (secondary N) is 1. The van der Waals surface area contributed by atoms with Crippen LogP contribution in [0.4, 0.5) is 0 Å². The average molecular weight is 442 g/mol. The first-order valence-electron chi connectivity index (χ1n) is 11.6. The highest BCUT2D eigenvalue weighted by Crippen LogP contribution is 2.41. The SMILES string of the molecule is COc1ccc(C2(CN3CCC(NC(=O)c4sc(C)nc4C)CC3)CCCCC2)cc1. The van der Waals surface area contributed by atoms with Crippen LogP contribution in [0.5, 0.6) is 5.75 Å². The van der Waals surface area contributed by atoms with Gasteiger partial charge in [0.05, 0.1) is 17.8 Å². The summed E-state index contributed by atoms with van der Waals surface area (Å²) >= 11 is 1.49. The molecule has 0 unspecified atom stereocenters. The first-order chi connectivity index (χ1) is 15.0. The molecule has 0 bridgehead atoms. The molecule has 6 heteroatoms. The molecule has 1 saturated carbocycles. The van der Waals surface area contributed by atoms with Crippen molar-refractivity contribution in [1.82, 2.24) is 15.2 Å². The Labute approximate surface area is 190 Å². The number of carbonyl (C=O) groups is 1. The predicted molar refractivity (Wildman–Crippen MR) is 126 cm³/mol. The number of piperidine rings is 1. The lowest BCUT2D eigenvalue weighted by Crippen LogP contribution is -2.49. The monoisotopic (exact) mass is 441 g/mol.